The van der Waals surface area contributed by atoms with Crippen molar-refractivity contribution in [1.29, 1.82) is 0 Å². The van der Waals surface area contributed by atoms with Crippen LogP contribution in [0.25, 0.3) is 0 Å². The van der Waals surface area contributed by atoms with Crippen molar-refractivity contribution in [2.24, 2.45) is 0 Å². The van der Waals surface area contributed by atoms with Gasteiger partial charge in [0.15, 0.2) is 0 Å². The van der Waals surface area contributed by atoms with E-state index in [9.17, 15) is 0 Å². The summed E-state index contributed by atoms with van der Waals surface area (Å²) in [6.07, 6.45) is 14.9. The number of allylic oxidation sites excluding steroid dienone is 1. The minimum Gasteiger partial charge on any atom is -0.340 e. The van der Waals surface area contributed by atoms with Crippen LogP contribution in [0.15, 0.2) is 12.2 Å². The van der Waals surface area contributed by atoms with Crippen molar-refractivity contribution in [3.05, 3.63) is 12.2 Å². The van der Waals surface area contributed by atoms with Crippen LogP contribution in [0.4, 0.5) is 0 Å². The van der Waals surface area contributed by atoms with Gasteiger partial charge in [0.05, 0.1) is 0 Å². The summed E-state index contributed by atoms with van der Waals surface area (Å²) in [6, 6.07) is 0. The summed E-state index contributed by atoms with van der Waals surface area (Å²) in [5.41, 5.74) is 0. The molecule has 0 bridgehead atoms. The molecule has 0 spiro atoms. The zero-order valence-corrected chi connectivity index (χ0v) is 11.1. The van der Waals surface area contributed by atoms with Gasteiger partial charge in [-0.1, -0.05) is 64.4 Å². The first-order chi connectivity index (χ1) is 8.06. The maximum Gasteiger partial charge on any atom is 0.297 e. The van der Waals surface area contributed by atoms with E-state index in [1.807, 2.05) is 0 Å². The monoisotopic (exact) mass is 244 g/mol. The fraction of sp³-hybridized carbons (Fsp3) is 0.857. The Balaban J connectivity index is 3.11. The predicted molar refractivity (Wildman–Crippen MR) is 70.4 cm³/mol. The molecule has 0 atom stereocenters. The Morgan fingerprint density at radius 1 is 0.765 bits per heavy atom. The zero-order chi connectivity index (χ0) is 13.0. The molecular weight excluding hydrogens is 216 g/mol. The minimum absolute atomic E-state index is 0.791. The van der Waals surface area contributed by atoms with E-state index in [1.54, 1.807) is 6.08 Å². The Labute approximate surface area is 105 Å². The van der Waals surface area contributed by atoms with Crippen molar-refractivity contribution in [3.63, 3.8) is 0 Å². The lowest BCUT2D eigenvalue weighted by molar-refractivity contribution is -0.273. The highest BCUT2D eigenvalue weighted by atomic mass is 16.7. The van der Waals surface area contributed by atoms with Crippen LogP contribution in [0.3, 0.4) is 0 Å². The van der Waals surface area contributed by atoms with Crippen LogP contribution in [0.5, 0.6) is 0 Å². The first-order valence-corrected chi connectivity index (χ1v) is 6.91. The molecule has 0 radical (unpaired) electrons. The summed E-state index contributed by atoms with van der Waals surface area (Å²) in [7, 11) is 0. The molecule has 0 aromatic carbocycles. The number of unbranched alkanes of at least 4 members (excludes halogenated alkanes) is 9. The maximum atomic E-state index is 8.59. The average molecular weight is 244 g/mol. The van der Waals surface area contributed by atoms with Gasteiger partial charge in [-0.05, 0) is 18.9 Å². The summed E-state index contributed by atoms with van der Waals surface area (Å²) in [5.74, 6) is -2.64. The standard InChI is InChI=1S/C14H28O3/c1-2-3-4-5-6-7-8-9-10-11-12-13-14(15,16)17/h12-13,15-17H,2-11H2,1H3. The molecule has 0 aliphatic heterocycles. The number of hydrogen-bond donors (Lipinski definition) is 3. The highest BCUT2D eigenvalue weighted by Crippen LogP contribution is 2.10. The normalized spacial score (nSPS) is 12.5. The number of rotatable bonds is 11. The van der Waals surface area contributed by atoms with Gasteiger partial charge >= 0.3 is 0 Å². The largest absolute Gasteiger partial charge is 0.340 e. The van der Waals surface area contributed by atoms with Gasteiger partial charge in [0.2, 0.25) is 0 Å². The Bertz CT molecular complexity index is 182. The van der Waals surface area contributed by atoms with Crippen molar-refractivity contribution in [3.8, 4) is 0 Å². The Morgan fingerprint density at radius 2 is 1.24 bits per heavy atom. The van der Waals surface area contributed by atoms with Crippen LogP contribution >= 0.6 is 0 Å². The summed E-state index contributed by atoms with van der Waals surface area (Å²) in [6.45, 7) is 2.23. The van der Waals surface area contributed by atoms with Crippen LogP contribution < -0.4 is 0 Å². The van der Waals surface area contributed by atoms with Gasteiger partial charge in [0, 0.05) is 0 Å². The Hall–Kier alpha value is -0.380. The quantitative estimate of drug-likeness (QED) is 0.297. The van der Waals surface area contributed by atoms with E-state index in [1.165, 1.54) is 51.4 Å². The Kier molecular flexibility index (Phi) is 10.5. The van der Waals surface area contributed by atoms with Gasteiger partial charge in [0.25, 0.3) is 5.97 Å². The third kappa shape index (κ3) is 15.6. The SMILES string of the molecule is CCCCCCCCCCCC=CC(O)(O)O. The molecule has 0 aliphatic carbocycles. The van der Waals surface area contributed by atoms with E-state index in [0.29, 0.717) is 0 Å². The molecule has 0 amide bonds. The van der Waals surface area contributed by atoms with E-state index >= 15 is 0 Å². The van der Waals surface area contributed by atoms with Crippen molar-refractivity contribution in [1.82, 2.24) is 0 Å². The molecule has 3 N–H and O–H groups in total. The molecule has 0 saturated carbocycles. The van der Waals surface area contributed by atoms with Gasteiger partial charge in [-0.25, -0.2) is 0 Å². The van der Waals surface area contributed by atoms with Crippen molar-refractivity contribution >= 4 is 0 Å². The average Bonchev–Trinajstić information content (AvgIpc) is 2.24. The summed E-state index contributed by atoms with van der Waals surface area (Å²) in [5, 5.41) is 25.8. The summed E-state index contributed by atoms with van der Waals surface area (Å²) in [4.78, 5) is 0. The second-order valence-corrected chi connectivity index (χ2v) is 4.71. The van der Waals surface area contributed by atoms with E-state index < -0.39 is 5.97 Å². The first kappa shape index (κ1) is 16.6. The smallest absolute Gasteiger partial charge is 0.297 e. The molecule has 0 unspecified atom stereocenters. The molecule has 0 saturated heterocycles. The lowest BCUT2D eigenvalue weighted by atomic mass is 10.1. The number of hydrogen-bond acceptors (Lipinski definition) is 3. The van der Waals surface area contributed by atoms with Crippen LogP contribution in [0.1, 0.15) is 71.1 Å². The van der Waals surface area contributed by atoms with Crippen LogP contribution in [0.2, 0.25) is 0 Å². The molecular formula is C14H28O3. The molecule has 3 nitrogen and oxygen atoms in total. The molecule has 0 aliphatic rings. The van der Waals surface area contributed by atoms with Gasteiger partial charge in [-0.3, -0.25) is 0 Å². The highest BCUT2D eigenvalue weighted by Gasteiger charge is 2.10. The summed E-state index contributed by atoms with van der Waals surface area (Å²) < 4.78 is 0. The predicted octanol–water partition coefficient (Wildman–Crippen LogP) is 3.09. The molecule has 102 valence electrons. The molecule has 0 aromatic heterocycles. The summed E-state index contributed by atoms with van der Waals surface area (Å²) >= 11 is 0. The molecule has 0 rings (SSSR count). The fourth-order valence-corrected chi connectivity index (χ4v) is 1.81. The van der Waals surface area contributed by atoms with E-state index in [4.69, 9.17) is 15.3 Å². The Morgan fingerprint density at radius 3 is 1.71 bits per heavy atom. The van der Waals surface area contributed by atoms with Crippen LogP contribution in [-0.2, 0) is 0 Å². The van der Waals surface area contributed by atoms with Gasteiger partial charge in [-0.15, -0.1) is 0 Å². The van der Waals surface area contributed by atoms with Crippen LogP contribution in [0, 0.1) is 0 Å². The van der Waals surface area contributed by atoms with E-state index in [-0.39, 0.29) is 0 Å². The topological polar surface area (TPSA) is 60.7 Å². The first-order valence-electron chi connectivity index (χ1n) is 6.91. The molecule has 0 aromatic rings. The fourth-order valence-electron chi connectivity index (χ4n) is 1.81. The molecule has 3 heteroatoms. The molecule has 17 heavy (non-hydrogen) atoms. The lowest BCUT2D eigenvalue weighted by Gasteiger charge is -2.06. The third-order valence-corrected chi connectivity index (χ3v) is 2.82. The molecule has 0 heterocycles. The third-order valence-electron chi connectivity index (χ3n) is 2.82. The van der Waals surface area contributed by atoms with Crippen molar-refractivity contribution < 1.29 is 15.3 Å². The van der Waals surface area contributed by atoms with E-state index in [2.05, 4.69) is 6.92 Å². The minimum atomic E-state index is -2.64. The lowest BCUT2D eigenvalue weighted by Crippen LogP contribution is -2.23. The van der Waals surface area contributed by atoms with Crippen LogP contribution in [-0.4, -0.2) is 21.3 Å². The second kappa shape index (κ2) is 10.8. The van der Waals surface area contributed by atoms with Gasteiger partial charge in [0.1, 0.15) is 0 Å². The van der Waals surface area contributed by atoms with E-state index in [0.717, 1.165) is 18.9 Å². The second-order valence-electron chi connectivity index (χ2n) is 4.71. The van der Waals surface area contributed by atoms with Gasteiger partial charge < -0.3 is 15.3 Å². The van der Waals surface area contributed by atoms with Crippen molar-refractivity contribution in [2.75, 3.05) is 0 Å². The highest BCUT2D eigenvalue weighted by molar-refractivity contribution is 4.87. The molecule has 0 fully saturated rings. The van der Waals surface area contributed by atoms with Crippen molar-refractivity contribution in [2.45, 2.75) is 77.1 Å². The number of aliphatic hydroxyl groups is 3. The maximum absolute atomic E-state index is 8.59. The zero-order valence-electron chi connectivity index (χ0n) is 11.1. The van der Waals surface area contributed by atoms with Gasteiger partial charge in [-0.2, -0.15) is 0 Å².